The largest absolute Gasteiger partial charge is 0.495 e. The highest BCUT2D eigenvalue weighted by Gasteiger charge is 2.20. The van der Waals surface area contributed by atoms with Crippen LogP contribution < -0.4 is 24.8 Å². The van der Waals surface area contributed by atoms with Crippen molar-refractivity contribution in [1.82, 2.24) is 14.9 Å². The normalized spacial score (nSPS) is 11.0. The first-order chi connectivity index (χ1) is 18.7. The number of ether oxygens (including phenoxy) is 3. The molecule has 11 heteroatoms. The van der Waals surface area contributed by atoms with Gasteiger partial charge in [-0.2, -0.15) is 0 Å². The minimum Gasteiger partial charge on any atom is -0.495 e. The van der Waals surface area contributed by atoms with Crippen molar-refractivity contribution in [2.24, 2.45) is 0 Å². The van der Waals surface area contributed by atoms with E-state index in [2.05, 4.69) is 20.6 Å². The van der Waals surface area contributed by atoms with Gasteiger partial charge in [-0.1, -0.05) is 23.2 Å². The van der Waals surface area contributed by atoms with Crippen molar-refractivity contribution in [2.75, 3.05) is 52.1 Å². The number of aromatic nitrogens is 2. The van der Waals surface area contributed by atoms with E-state index in [4.69, 9.17) is 37.4 Å². The van der Waals surface area contributed by atoms with E-state index >= 15 is 0 Å². The van der Waals surface area contributed by atoms with Gasteiger partial charge in [0.25, 0.3) is 0 Å². The molecular weight excluding hydrogens is 541 g/mol. The molecule has 1 amide bonds. The SMILES string of the molecule is COc1cc(OC)c(Cl)c(-c2cc3cnc(Nc4ccc(OCCN(C)C)cc4NC(C)=O)cc3cn2)c1Cl. The zero-order chi connectivity index (χ0) is 28.1. The Labute approximate surface area is 237 Å². The van der Waals surface area contributed by atoms with E-state index in [-0.39, 0.29) is 5.91 Å². The monoisotopic (exact) mass is 569 g/mol. The highest BCUT2D eigenvalue weighted by molar-refractivity contribution is 6.41. The van der Waals surface area contributed by atoms with Crippen LogP contribution >= 0.6 is 23.2 Å². The maximum absolute atomic E-state index is 11.8. The number of halogens is 2. The van der Waals surface area contributed by atoms with Gasteiger partial charge in [0, 0.05) is 54.3 Å². The molecule has 0 aliphatic heterocycles. The number of carbonyl (C=O) groups is 1. The molecule has 0 bridgehead atoms. The first-order valence-electron chi connectivity index (χ1n) is 12.0. The second-order valence-electron chi connectivity index (χ2n) is 8.94. The molecule has 0 aliphatic carbocycles. The average Bonchev–Trinajstić information content (AvgIpc) is 2.90. The van der Waals surface area contributed by atoms with Crippen LogP contribution in [0.15, 0.2) is 48.8 Å². The van der Waals surface area contributed by atoms with Gasteiger partial charge in [0.05, 0.1) is 41.3 Å². The van der Waals surface area contributed by atoms with Crippen molar-refractivity contribution in [3.8, 4) is 28.5 Å². The first-order valence-corrected chi connectivity index (χ1v) is 12.8. The first kappa shape index (κ1) is 28.2. The number of nitrogens with one attached hydrogen (secondary N) is 2. The van der Waals surface area contributed by atoms with Gasteiger partial charge >= 0.3 is 0 Å². The highest BCUT2D eigenvalue weighted by Crippen LogP contribution is 2.45. The van der Waals surface area contributed by atoms with Crippen LogP contribution in [0.25, 0.3) is 22.0 Å². The zero-order valence-electron chi connectivity index (χ0n) is 22.3. The molecule has 0 fully saturated rings. The molecule has 2 aromatic heterocycles. The fourth-order valence-electron chi connectivity index (χ4n) is 3.85. The molecule has 0 atom stereocenters. The Morgan fingerprint density at radius 1 is 0.923 bits per heavy atom. The van der Waals surface area contributed by atoms with E-state index in [1.54, 1.807) is 24.5 Å². The number of rotatable bonds is 10. The Bertz CT molecular complexity index is 1490. The summed E-state index contributed by atoms with van der Waals surface area (Å²) in [5, 5.41) is 8.45. The van der Waals surface area contributed by atoms with Crippen LogP contribution in [0.2, 0.25) is 10.0 Å². The lowest BCUT2D eigenvalue weighted by Gasteiger charge is -2.16. The third-order valence-corrected chi connectivity index (χ3v) is 6.56. The van der Waals surface area contributed by atoms with Crippen molar-refractivity contribution >= 4 is 57.1 Å². The van der Waals surface area contributed by atoms with Crippen LogP contribution in [0.3, 0.4) is 0 Å². The van der Waals surface area contributed by atoms with Gasteiger partial charge in [-0.25, -0.2) is 4.98 Å². The number of fused-ring (bicyclic) bond motifs is 1. The van der Waals surface area contributed by atoms with Crippen molar-refractivity contribution < 1.29 is 19.0 Å². The minimum absolute atomic E-state index is 0.196. The maximum Gasteiger partial charge on any atom is 0.221 e. The highest BCUT2D eigenvalue weighted by atomic mass is 35.5. The summed E-state index contributed by atoms with van der Waals surface area (Å²) >= 11 is 13.2. The van der Waals surface area contributed by atoms with Gasteiger partial charge < -0.3 is 29.7 Å². The molecule has 0 saturated carbocycles. The zero-order valence-corrected chi connectivity index (χ0v) is 23.8. The van der Waals surface area contributed by atoms with Crippen molar-refractivity contribution in [2.45, 2.75) is 6.92 Å². The van der Waals surface area contributed by atoms with Crippen LogP contribution in [-0.2, 0) is 4.79 Å². The van der Waals surface area contributed by atoms with Crippen LogP contribution in [0.5, 0.6) is 17.2 Å². The lowest BCUT2D eigenvalue weighted by Crippen LogP contribution is -2.19. The fourth-order valence-corrected chi connectivity index (χ4v) is 4.55. The summed E-state index contributed by atoms with van der Waals surface area (Å²) in [6, 6.07) is 10.8. The van der Waals surface area contributed by atoms with Crippen LogP contribution in [0.1, 0.15) is 6.92 Å². The summed E-state index contributed by atoms with van der Waals surface area (Å²) in [5.74, 6) is 1.89. The van der Waals surface area contributed by atoms with E-state index in [1.165, 1.54) is 21.1 Å². The number of likely N-dealkylation sites (N-methyl/N-ethyl adjacent to an activating group) is 1. The van der Waals surface area contributed by atoms with Gasteiger partial charge in [-0.3, -0.25) is 9.78 Å². The Morgan fingerprint density at radius 2 is 1.59 bits per heavy atom. The summed E-state index contributed by atoms with van der Waals surface area (Å²) < 4.78 is 16.6. The maximum atomic E-state index is 11.8. The van der Waals surface area contributed by atoms with E-state index in [0.717, 1.165) is 17.3 Å². The van der Waals surface area contributed by atoms with Gasteiger partial charge in [0.2, 0.25) is 5.91 Å². The summed E-state index contributed by atoms with van der Waals surface area (Å²) in [5.41, 5.74) is 2.31. The fraction of sp³-hybridized carbons (Fsp3) is 0.250. The van der Waals surface area contributed by atoms with E-state index in [0.29, 0.717) is 62.4 Å². The lowest BCUT2D eigenvalue weighted by molar-refractivity contribution is -0.114. The third-order valence-electron chi connectivity index (χ3n) is 5.80. The predicted octanol–water partition coefficient (Wildman–Crippen LogP) is 6.26. The molecule has 2 aromatic carbocycles. The number of anilines is 3. The van der Waals surface area contributed by atoms with Crippen LogP contribution in [0, 0.1) is 0 Å². The molecule has 0 aliphatic rings. The van der Waals surface area contributed by atoms with E-state index < -0.39 is 0 Å². The standard InChI is InChI=1S/C28H29Cl2N5O4/c1-16(36)33-21-12-19(39-9-8-35(2)3)6-7-20(21)34-25-11-18-14-31-22(10-17(18)15-32-25)26-27(29)23(37-4)13-24(38-5)28(26)30/h6-7,10-15H,8-9H2,1-5H3,(H,32,34)(H,33,36). The molecule has 39 heavy (non-hydrogen) atoms. The topological polar surface area (TPSA) is 97.8 Å². The number of hydrogen-bond acceptors (Lipinski definition) is 8. The molecule has 9 nitrogen and oxygen atoms in total. The number of hydrogen-bond donors (Lipinski definition) is 2. The van der Waals surface area contributed by atoms with Crippen LogP contribution in [0.4, 0.5) is 17.2 Å². The van der Waals surface area contributed by atoms with Gasteiger partial charge in [-0.15, -0.1) is 0 Å². The number of amides is 1. The van der Waals surface area contributed by atoms with Gasteiger partial charge in [0.15, 0.2) is 0 Å². The number of nitrogens with zero attached hydrogens (tertiary/aromatic N) is 3. The Kier molecular flexibility index (Phi) is 8.96. The van der Waals surface area contributed by atoms with Crippen LogP contribution in [-0.4, -0.2) is 62.2 Å². The molecule has 2 heterocycles. The number of methoxy groups -OCH3 is 2. The molecule has 4 rings (SSSR count). The van der Waals surface area contributed by atoms with Gasteiger partial charge in [-0.05, 0) is 38.4 Å². The summed E-state index contributed by atoms with van der Waals surface area (Å²) in [7, 11) is 7.00. The number of pyridine rings is 2. The molecule has 2 N–H and O–H groups in total. The smallest absolute Gasteiger partial charge is 0.221 e. The summed E-state index contributed by atoms with van der Waals surface area (Å²) in [6.45, 7) is 2.76. The minimum atomic E-state index is -0.196. The predicted molar refractivity (Wildman–Crippen MR) is 156 cm³/mol. The third kappa shape index (κ3) is 6.62. The molecule has 0 unspecified atom stereocenters. The molecule has 0 saturated heterocycles. The molecular formula is C28H29Cl2N5O4. The molecule has 204 valence electrons. The van der Waals surface area contributed by atoms with E-state index in [1.807, 2.05) is 43.3 Å². The molecule has 4 aromatic rings. The van der Waals surface area contributed by atoms with Gasteiger partial charge in [0.1, 0.15) is 29.7 Å². The molecule has 0 spiro atoms. The summed E-state index contributed by atoms with van der Waals surface area (Å²) in [4.78, 5) is 23.0. The van der Waals surface area contributed by atoms with Crippen molar-refractivity contribution in [1.29, 1.82) is 0 Å². The number of carbonyl (C=O) groups excluding carboxylic acids is 1. The van der Waals surface area contributed by atoms with E-state index in [9.17, 15) is 4.79 Å². The molecule has 0 radical (unpaired) electrons. The lowest BCUT2D eigenvalue weighted by atomic mass is 10.1. The second kappa shape index (κ2) is 12.4. The number of benzene rings is 2. The Hall–Kier alpha value is -3.79. The Balaban J connectivity index is 1.63. The Morgan fingerprint density at radius 3 is 2.23 bits per heavy atom. The van der Waals surface area contributed by atoms with Crippen molar-refractivity contribution in [3.05, 3.63) is 58.8 Å². The quantitative estimate of drug-likeness (QED) is 0.231. The second-order valence-corrected chi connectivity index (χ2v) is 9.69. The summed E-state index contributed by atoms with van der Waals surface area (Å²) in [6.07, 6.45) is 3.44. The average molecular weight is 570 g/mol. The van der Waals surface area contributed by atoms with Crippen molar-refractivity contribution in [3.63, 3.8) is 0 Å².